The van der Waals surface area contributed by atoms with Gasteiger partial charge in [0.15, 0.2) is 4.96 Å². The molecule has 0 N–H and O–H groups in total. The van der Waals surface area contributed by atoms with Crippen LogP contribution in [0.15, 0.2) is 17.8 Å². The minimum Gasteiger partial charge on any atom is -0.344 e. The first-order valence-corrected chi connectivity index (χ1v) is 8.95. The van der Waals surface area contributed by atoms with E-state index in [0.29, 0.717) is 6.54 Å². The Balaban J connectivity index is 1.57. The van der Waals surface area contributed by atoms with Crippen molar-refractivity contribution in [2.45, 2.75) is 37.6 Å². The van der Waals surface area contributed by atoms with Gasteiger partial charge in [0.25, 0.3) is 0 Å². The van der Waals surface area contributed by atoms with Crippen LogP contribution in [0.4, 0.5) is 0 Å². The molecule has 2 aromatic rings. The van der Waals surface area contributed by atoms with E-state index >= 15 is 0 Å². The van der Waals surface area contributed by atoms with Gasteiger partial charge in [0.05, 0.1) is 12.1 Å². The van der Waals surface area contributed by atoms with Crippen molar-refractivity contribution in [3.05, 3.63) is 23.5 Å². The minimum absolute atomic E-state index is 0.0249. The Morgan fingerprint density at radius 3 is 2.91 bits per heavy atom. The van der Waals surface area contributed by atoms with Crippen LogP contribution in [0.3, 0.4) is 0 Å². The van der Waals surface area contributed by atoms with Crippen LogP contribution >= 0.6 is 11.3 Å². The zero-order valence-electron chi connectivity index (χ0n) is 13.2. The first-order chi connectivity index (χ1) is 11.1. The van der Waals surface area contributed by atoms with Gasteiger partial charge in [0.1, 0.15) is 5.54 Å². The molecule has 0 bridgehead atoms. The fourth-order valence-electron chi connectivity index (χ4n) is 4.01. The predicted octanol–water partition coefficient (Wildman–Crippen LogP) is 1.55. The van der Waals surface area contributed by atoms with Crippen molar-refractivity contribution < 1.29 is 9.59 Å². The van der Waals surface area contributed by atoms with E-state index in [1.165, 1.54) is 0 Å². The van der Waals surface area contributed by atoms with Crippen molar-refractivity contribution in [2.24, 2.45) is 0 Å². The summed E-state index contributed by atoms with van der Waals surface area (Å²) in [5, 5.41) is 1.97. The molecule has 0 aliphatic carbocycles. The summed E-state index contributed by atoms with van der Waals surface area (Å²) in [6, 6.07) is 0. The lowest BCUT2D eigenvalue weighted by Gasteiger charge is -2.43. The molecule has 0 radical (unpaired) electrons. The van der Waals surface area contributed by atoms with Gasteiger partial charge in [-0.3, -0.25) is 14.0 Å². The van der Waals surface area contributed by atoms with Crippen LogP contribution in [0.1, 0.15) is 31.4 Å². The molecule has 23 heavy (non-hydrogen) atoms. The average molecular weight is 332 g/mol. The van der Waals surface area contributed by atoms with Crippen LogP contribution in [-0.4, -0.2) is 56.7 Å². The average Bonchev–Trinajstić information content (AvgIpc) is 3.19. The summed E-state index contributed by atoms with van der Waals surface area (Å²) in [7, 11) is 1.84. The molecule has 0 aromatic carbocycles. The summed E-state index contributed by atoms with van der Waals surface area (Å²) in [6.45, 7) is 1.47. The third-order valence-corrected chi connectivity index (χ3v) is 5.86. The summed E-state index contributed by atoms with van der Waals surface area (Å²) in [5.41, 5.74) is 0.182. The molecule has 7 heteroatoms. The van der Waals surface area contributed by atoms with Crippen molar-refractivity contribution >= 4 is 28.1 Å². The molecular formula is C16H20N4O2S. The van der Waals surface area contributed by atoms with Crippen LogP contribution in [0.25, 0.3) is 4.96 Å². The molecule has 6 nitrogen and oxygen atoms in total. The highest BCUT2D eigenvalue weighted by molar-refractivity contribution is 7.15. The Bertz CT molecular complexity index is 739. The van der Waals surface area contributed by atoms with Gasteiger partial charge in [0, 0.05) is 37.9 Å². The van der Waals surface area contributed by atoms with Gasteiger partial charge in [-0.1, -0.05) is 0 Å². The van der Waals surface area contributed by atoms with Gasteiger partial charge in [0.2, 0.25) is 11.8 Å². The number of hydrogen-bond acceptors (Lipinski definition) is 4. The minimum atomic E-state index is -0.596. The second-order valence-corrected chi connectivity index (χ2v) is 7.39. The number of carbonyl (C=O) groups is 2. The summed E-state index contributed by atoms with van der Waals surface area (Å²) in [4.78, 5) is 34.6. The van der Waals surface area contributed by atoms with Crippen molar-refractivity contribution in [3.63, 3.8) is 0 Å². The van der Waals surface area contributed by atoms with E-state index in [1.807, 2.05) is 34.1 Å². The molecule has 4 heterocycles. The number of rotatable bonds is 2. The third kappa shape index (κ3) is 2.25. The van der Waals surface area contributed by atoms with E-state index in [9.17, 15) is 9.59 Å². The van der Waals surface area contributed by atoms with Crippen LogP contribution in [0.5, 0.6) is 0 Å². The number of thiazole rings is 1. The summed E-state index contributed by atoms with van der Waals surface area (Å²) in [6.07, 6.45) is 7.57. The summed E-state index contributed by atoms with van der Waals surface area (Å²) < 4.78 is 1.94. The van der Waals surface area contributed by atoms with Crippen LogP contribution in [-0.2, 0) is 16.0 Å². The maximum Gasteiger partial charge on any atom is 0.248 e. The number of aromatic nitrogens is 2. The fourth-order valence-corrected chi connectivity index (χ4v) is 4.73. The molecule has 4 rings (SSSR count). The van der Waals surface area contributed by atoms with Crippen LogP contribution in [0.2, 0.25) is 0 Å². The van der Waals surface area contributed by atoms with Gasteiger partial charge in [-0.15, -0.1) is 11.3 Å². The Hall–Kier alpha value is -1.89. The largest absolute Gasteiger partial charge is 0.344 e. The number of hydrogen-bond donors (Lipinski definition) is 0. The second kappa shape index (κ2) is 5.33. The first-order valence-electron chi connectivity index (χ1n) is 8.07. The number of imidazole rings is 1. The number of fused-ring (bicyclic) bond motifs is 1. The van der Waals surface area contributed by atoms with Gasteiger partial charge in [-0.25, -0.2) is 4.98 Å². The third-order valence-electron chi connectivity index (χ3n) is 5.09. The van der Waals surface area contributed by atoms with E-state index in [4.69, 9.17) is 0 Å². The van der Waals surface area contributed by atoms with E-state index in [-0.39, 0.29) is 18.2 Å². The van der Waals surface area contributed by atoms with E-state index < -0.39 is 5.54 Å². The van der Waals surface area contributed by atoms with E-state index in [0.717, 1.165) is 42.9 Å². The molecule has 122 valence electrons. The summed E-state index contributed by atoms with van der Waals surface area (Å²) in [5.74, 6) is 0.136. The highest BCUT2D eigenvalue weighted by Crippen LogP contribution is 2.38. The number of piperidine rings is 1. The second-order valence-electron chi connectivity index (χ2n) is 6.51. The maximum atomic E-state index is 12.8. The molecule has 2 amide bonds. The number of nitrogens with zero attached hydrogens (tertiary/aromatic N) is 4. The number of amides is 2. The lowest BCUT2D eigenvalue weighted by Crippen LogP contribution is -2.60. The zero-order chi connectivity index (χ0) is 16.0. The van der Waals surface area contributed by atoms with Crippen LogP contribution < -0.4 is 0 Å². The van der Waals surface area contributed by atoms with E-state index in [2.05, 4.69) is 4.98 Å². The molecule has 1 atom stereocenters. The normalized spacial score (nSPS) is 25.0. The summed E-state index contributed by atoms with van der Waals surface area (Å²) >= 11 is 1.56. The molecule has 1 spiro atoms. The quantitative estimate of drug-likeness (QED) is 0.838. The SMILES string of the molecule is CN1CCCC2(CCCN2C(=O)Cc2cn3ccsc3n2)C1=O. The van der Waals surface area contributed by atoms with E-state index in [1.54, 1.807) is 16.2 Å². The van der Waals surface area contributed by atoms with Gasteiger partial charge < -0.3 is 9.80 Å². The molecule has 1 unspecified atom stereocenters. The molecule has 2 saturated heterocycles. The maximum absolute atomic E-state index is 12.8. The van der Waals surface area contributed by atoms with Crippen molar-refractivity contribution in [1.29, 1.82) is 0 Å². The van der Waals surface area contributed by atoms with Crippen molar-refractivity contribution in [1.82, 2.24) is 19.2 Å². The molecule has 2 fully saturated rings. The Labute approximate surface area is 138 Å². The number of likely N-dealkylation sites (N-methyl/N-ethyl adjacent to an activating group) is 1. The Morgan fingerprint density at radius 2 is 2.13 bits per heavy atom. The van der Waals surface area contributed by atoms with Crippen molar-refractivity contribution in [3.8, 4) is 0 Å². The lowest BCUT2D eigenvalue weighted by molar-refractivity contribution is -0.153. The van der Waals surface area contributed by atoms with Gasteiger partial charge in [-0.05, 0) is 25.7 Å². The molecule has 2 aromatic heterocycles. The lowest BCUT2D eigenvalue weighted by atomic mass is 9.85. The topological polar surface area (TPSA) is 57.9 Å². The first kappa shape index (κ1) is 14.7. The fraction of sp³-hybridized carbons (Fsp3) is 0.562. The predicted molar refractivity (Wildman–Crippen MR) is 87.3 cm³/mol. The molecule has 0 saturated carbocycles. The molecule has 2 aliphatic rings. The Kier molecular flexibility index (Phi) is 3.41. The number of carbonyl (C=O) groups excluding carboxylic acids is 2. The smallest absolute Gasteiger partial charge is 0.248 e. The van der Waals surface area contributed by atoms with Crippen molar-refractivity contribution in [2.75, 3.05) is 20.1 Å². The Morgan fingerprint density at radius 1 is 1.35 bits per heavy atom. The standard InChI is InChI=1S/C16H20N4O2S/c1-18-6-2-4-16(14(18)22)5-3-7-20(16)13(21)10-12-11-19-8-9-23-15(19)17-12/h8-9,11H,2-7,10H2,1H3. The highest BCUT2D eigenvalue weighted by Gasteiger charge is 2.51. The van der Waals surface area contributed by atoms with Gasteiger partial charge in [-0.2, -0.15) is 0 Å². The molecular weight excluding hydrogens is 312 g/mol. The monoisotopic (exact) mass is 332 g/mol. The zero-order valence-corrected chi connectivity index (χ0v) is 14.0. The van der Waals surface area contributed by atoms with Crippen LogP contribution in [0, 0.1) is 0 Å². The number of likely N-dealkylation sites (tertiary alicyclic amines) is 2. The van der Waals surface area contributed by atoms with Gasteiger partial charge >= 0.3 is 0 Å². The molecule has 2 aliphatic heterocycles. The highest BCUT2D eigenvalue weighted by atomic mass is 32.1.